The van der Waals surface area contributed by atoms with Crippen molar-refractivity contribution in [3.63, 3.8) is 0 Å². The van der Waals surface area contributed by atoms with Gasteiger partial charge in [-0.3, -0.25) is 4.79 Å². The molecule has 0 aromatic heterocycles. The van der Waals surface area contributed by atoms with Crippen molar-refractivity contribution in [1.29, 1.82) is 0 Å². The van der Waals surface area contributed by atoms with Crippen LogP contribution in [0, 0.1) is 11.8 Å². The second-order valence-electron chi connectivity index (χ2n) is 2.82. The van der Waals surface area contributed by atoms with Crippen molar-refractivity contribution in [2.24, 2.45) is 0 Å². The minimum atomic E-state index is -0.837. The van der Waals surface area contributed by atoms with Crippen molar-refractivity contribution in [1.82, 2.24) is 0 Å². The number of hydrogen-bond acceptors (Lipinski definition) is 2. The summed E-state index contributed by atoms with van der Waals surface area (Å²) in [6.07, 6.45) is 0.0328. The molecule has 0 amide bonds. The molecule has 15 heavy (non-hydrogen) atoms. The number of aliphatic carboxylic acids is 1. The molecule has 0 heterocycles. The monoisotopic (exact) mass is 205 g/mol. The summed E-state index contributed by atoms with van der Waals surface area (Å²) in [7, 11) is 0. The van der Waals surface area contributed by atoms with Gasteiger partial charge in [-0.15, -0.1) is 11.8 Å². The third-order valence-corrected chi connectivity index (χ3v) is 1.56. The van der Waals surface area contributed by atoms with Crippen LogP contribution in [0.3, 0.4) is 0 Å². The number of carboxylic acids is 1. The Morgan fingerprint density at radius 3 is 2.40 bits per heavy atom. The summed E-state index contributed by atoms with van der Waals surface area (Å²) in [6, 6.07) is 6.87. The first-order valence-electron chi connectivity index (χ1n) is 4.49. The lowest BCUT2D eigenvalue weighted by Gasteiger charge is -1.96. The van der Waals surface area contributed by atoms with Crippen LogP contribution >= 0.6 is 0 Å². The number of carboxylic acid groups (broad SMARTS) is 1. The van der Waals surface area contributed by atoms with Crippen molar-refractivity contribution in [3.05, 3.63) is 29.8 Å². The summed E-state index contributed by atoms with van der Waals surface area (Å²) < 4.78 is 0. The molecule has 1 aromatic carbocycles. The van der Waals surface area contributed by atoms with Crippen LogP contribution in [-0.4, -0.2) is 11.1 Å². The topological polar surface area (TPSA) is 63.3 Å². The number of benzene rings is 1. The van der Waals surface area contributed by atoms with Crippen molar-refractivity contribution in [2.75, 3.05) is 5.73 Å². The van der Waals surface area contributed by atoms with E-state index < -0.39 is 5.97 Å². The fraction of sp³-hybridized carbons (Fsp3) is 0.250. The van der Waals surface area contributed by atoms with Crippen LogP contribution in [0.4, 0.5) is 5.69 Å². The number of nitrogens with two attached hydrogens (primary N) is 1. The Labute approximate surface area is 89.9 Å². The highest BCUT2D eigenvalue weighted by Gasteiger charge is 1.98. The molecule has 0 aliphatic carbocycles. The van der Waals surface area contributed by atoms with E-state index in [1.807, 2.05) is 13.8 Å². The summed E-state index contributed by atoms with van der Waals surface area (Å²) in [5.41, 5.74) is 6.78. The quantitative estimate of drug-likeness (QED) is 0.572. The number of hydrogen-bond donors (Lipinski definition) is 2. The minimum Gasteiger partial charge on any atom is -0.481 e. The molecular formula is C12H15NO2. The average molecular weight is 205 g/mol. The normalized spacial score (nSPS) is 7.87. The standard InChI is InChI=1S/C8H9NO2.C4H6/c9-7-3-1-2-6(4-7)5-8(10)11;1-3-4-2/h1-4H,5,9H2,(H,10,11);1-2H3. The molecule has 0 saturated carbocycles. The summed E-state index contributed by atoms with van der Waals surface area (Å²) in [5, 5.41) is 8.42. The smallest absolute Gasteiger partial charge is 0.307 e. The Balaban J connectivity index is 0.000000423. The second-order valence-corrected chi connectivity index (χ2v) is 2.82. The van der Waals surface area contributed by atoms with Crippen molar-refractivity contribution in [2.45, 2.75) is 20.3 Å². The lowest BCUT2D eigenvalue weighted by molar-refractivity contribution is -0.136. The zero-order valence-electron chi connectivity index (χ0n) is 8.95. The maximum Gasteiger partial charge on any atom is 0.307 e. The molecule has 3 nitrogen and oxygen atoms in total. The Bertz CT molecular complexity index is 369. The minimum absolute atomic E-state index is 0.0328. The van der Waals surface area contributed by atoms with Gasteiger partial charge >= 0.3 is 5.97 Å². The SMILES string of the molecule is CC#CC.Nc1cccc(CC(=O)O)c1. The summed E-state index contributed by atoms with van der Waals surface area (Å²) in [6.45, 7) is 3.64. The molecular weight excluding hydrogens is 190 g/mol. The molecule has 0 unspecified atom stereocenters. The number of rotatable bonds is 2. The number of carbonyl (C=O) groups is 1. The van der Waals surface area contributed by atoms with Gasteiger partial charge in [-0.05, 0) is 31.5 Å². The molecule has 0 aliphatic rings. The lowest BCUT2D eigenvalue weighted by atomic mass is 10.1. The van der Waals surface area contributed by atoms with E-state index in [1.165, 1.54) is 0 Å². The third-order valence-electron chi connectivity index (χ3n) is 1.56. The van der Waals surface area contributed by atoms with Crippen molar-refractivity contribution < 1.29 is 9.90 Å². The molecule has 0 saturated heterocycles. The highest BCUT2D eigenvalue weighted by atomic mass is 16.4. The first-order valence-corrected chi connectivity index (χ1v) is 4.49. The van der Waals surface area contributed by atoms with Crippen molar-refractivity contribution in [3.8, 4) is 11.8 Å². The average Bonchev–Trinajstić information content (AvgIpc) is 2.17. The molecule has 0 bridgehead atoms. The van der Waals surface area contributed by atoms with Crippen LogP contribution < -0.4 is 5.73 Å². The fourth-order valence-electron chi connectivity index (χ4n) is 0.878. The molecule has 3 N–H and O–H groups in total. The maximum absolute atomic E-state index is 10.2. The van der Waals surface area contributed by atoms with Crippen LogP contribution in [0.25, 0.3) is 0 Å². The van der Waals surface area contributed by atoms with Gasteiger partial charge in [0.05, 0.1) is 6.42 Å². The zero-order valence-corrected chi connectivity index (χ0v) is 8.95. The van der Waals surface area contributed by atoms with Crippen LogP contribution in [-0.2, 0) is 11.2 Å². The van der Waals surface area contributed by atoms with Crippen LogP contribution in [0.2, 0.25) is 0 Å². The number of anilines is 1. The van der Waals surface area contributed by atoms with Crippen LogP contribution in [0.1, 0.15) is 19.4 Å². The first-order chi connectivity index (χ1) is 7.10. The molecule has 0 aliphatic heterocycles. The van der Waals surface area contributed by atoms with E-state index in [1.54, 1.807) is 24.3 Å². The third kappa shape index (κ3) is 7.15. The molecule has 0 radical (unpaired) electrons. The van der Waals surface area contributed by atoms with Gasteiger partial charge in [0.15, 0.2) is 0 Å². The number of nitrogen functional groups attached to an aromatic ring is 1. The van der Waals surface area contributed by atoms with Gasteiger partial charge in [0.1, 0.15) is 0 Å². The Morgan fingerprint density at radius 1 is 1.40 bits per heavy atom. The van der Waals surface area contributed by atoms with E-state index in [2.05, 4.69) is 11.8 Å². The van der Waals surface area contributed by atoms with E-state index >= 15 is 0 Å². The summed E-state index contributed by atoms with van der Waals surface area (Å²) >= 11 is 0. The molecule has 1 rings (SSSR count). The Hall–Kier alpha value is -1.95. The molecule has 80 valence electrons. The highest BCUT2D eigenvalue weighted by molar-refractivity contribution is 5.70. The molecule has 0 fully saturated rings. The van der Waals surface area contributed by atoms with E-state index in [-0.39, 0.29) is 6.42 Å². The van der Waals surface area contributed by atoms with Gasteiger partial charge in [0, 0.05) is 5.69 Å². The molecule has 1 aromatic rings. The van der Waals surface area contributed by atoms with E-state index in [9.17, 15) is 4.79 Å². The van der Waals surface area contributed by atoms with Gasteiger partial charge in [-0.25, -0.2) is 0 Å². The predicted molar refractivity (Wildman–Crippen MR) is 61.3 cm³/mol. The summed E-state index contributed by atoms with van der Waals surface area (Å²) in [4.78, 5) is 10.2. The van der Waals surface area contributed by atoms with E-state index in [4.69, 9.17) is 10.8 Å². The first kappa shape index (κ1) is 13.1. The van der Waals surface area contributed by atoms with E-state index in [0.717, 1.165) is 5.56 Å². The molecule has 3 heteroatoms. The van der Waals surface area contributed by atoms with Gasteiger partial charge in [-0.2, -0.15) is 0 Å². The van der Waals surface area contributed by atoms with Gasteiger partial charge in [0.2, 0.25) is 0 Å². The largest absolute Gasteiger partial charge is 0.481 e. The second kappa shape index (κ2) is 7.45. The predicted octanol–water partition coefficient (Wildman–Crippen LogP) is 1.93. The van der Waals surface area contributed by atoms with Crippen LogP contribution in [0.15, 0.2) is 24.3 Å². The highest BCUT2D eigenvalue weighted by Crippen LogP contribution is 2.06. The van der Waals surface area contributed by atoms with Gasteiger partial charge in [-0.1, -0.05) is 12.1 Å². The van der Waals surface area contributed by atoms with Crippen molar-refractivity contribution >= 4 is 11.7 Å². The fourth-order valence-corrected chi connectivity index (χ4v) is 0.878. The Kier molecular flexibility index (Phi) is 6.48. The van der Waals surface area contributed by atoms with Gasteiger partial charge < -0.3 is 10.8 Å². The van der Waals surface area contributed by atoms with Gasteiger partial charge in [0.25, 0.3) is 0 Å². The maximum atomic E-state index is 10.2. The molecule has 0 atom stereocenters. The summed E-state index contributed by atoms with van der Waals surface area (Å²) in [5.74, 6) is 4.52. The lowest BCUT2D eigenvalue weighted by Crippen LogP contribution is -2.00. The van der Waals surface area contributed by atoms with E-state index in [0.29, 0.717) is 5.69 Å². The molecule has 0 spiro atoms. The Morgan fingerprint density at radius 2 is 2.00 bits per heavy atom. The van der Waals surface area contributed by atoms with Crippen LogP contribution in [0.5, 0.6) is 0 Å². The zero-order chi connectivity index (χ0) is 11.7.